The van der Waals surface area contributed by atoms with Crippen LogP contribution in [0.4, 0.5) is 0 Å². The summed E-state index contributed by atoms with van der Waals surface area (Å²) in [4.78, 5) is 2.66. The quantitative estimate of drug-likeness (QED) is 0.744. The number of nitrogens with one attached hydrogen (secondary N) is 1. The molecule has 0 atom stereocenters. The fourth-order valence-electron chi connectivity index (χ4n) is 3.00. The van der Waals surface area contributed by atoms with Crippen molar-refractivity contribution in [3.63, 3.8) is 0 Å². The van der Waals surface area contributed by atoms with Gasteiger partial charge in [0.05, 0.1) is 9.80 Å². The Morgan fingerprint density at radius 2 is 2.04 bits per heavy atom. The van der Waals surface area contributed by atoms with Crippen LogP contribution in [0.3, 0.4) is 0 Å². The number of hydrogen-bond acceptors (Lipinski definition) is 5. The van der Waals surface area contributed by atoms with Gasteiger partial charge in [-0.1, -0.05) is 24.3 Å². The number of rotatable bonds is 7. The minimum atomic E-state index is -3.58. The summed E-state index contributed by atoms with van der Waals surface area (Å²) in [6.07, 6.45) is 11.4. The number of ether oxygens (including phenoxy) is 1. The molecular formula is C20H24N2O3S. The van der Waals surface area contributed by atoms with Gasteiger partial charge in [0.25, 0.3) is 0 Å². The summed E-state index contributed by atoms with van der Waals surface area (Å²) in [7, 11) is -1.65. The maximum atomic E-state index is 13.1. The van der Waals surface area contributed by atoms with E-state index in [1.165, 1.54) is 0 Å². The number of benzene rings is 1. The number of sulfone groups is 1. The van der Waals surface area contributed by atoms with E-state index < -0.39 is 9.84 Å². The molecule has 6 heteroatoms. The Kier molecular flexibility index (Phi) is 5.96. The van der Waals surface area contributed by atoms with Crippen molar-refractivity contribution in [2.45, 2.75) is 24.2 Å². The minimum absolute atomic E-state index is 0.303. The van der Waals surface area contributed by atoms with Crippen molar-refractivity contribution < 1.29 is 13.2 Å². The van der Waals surface area contributed by atoms with E-state index in [2.05, 4.69) is 5.32 Å². The molecule has 0 unspecified atom stereocenters. The van der Waals surface area contributed by atoms with Crippen LogP contribution in [0, 0.1) is 0 Å². The van der Waals surface area contributed by atoms with Crippen LogP contribution < -0.4 is 5.32 Å². The number of allylic oxidation sites excluding steroid dienone is 3. The van der Waals surface area contributed by atoms with E-state index in [0.717, 1.165) is 31.5 Å². The van der Waals surface area contributed by atoms with E-state index in [9.17, 15) is 8.42 Å². The normalized spacial score (nSPS) is 17.3. The van der Waals surface area contributed by atoms with Crippen LogP contribution in [0.1, 0.15) is 19.3 Å². The fraction of sp³-hybridized carbons (Fsp3) is 0.300. The molecule has 1 aromatic carbocycles. The average Bonchev–Trinajstić information content (AvgIpc) is 2.69. The zero-order valence-corrected chi connectivity index (χ0v) is 15.7. The lowest BCUT2D eigenvalue weighted by Crippen LogP contribution is -2.21. The van der Waals surface area contributed by atoms with Gasteiger partial charge in [-0.05, 0) is 51.1 Å². The summed E-state index contributed by atoms with van der Waals surface area (Å²) in [5.41, 5.74) is 0.735. The molecule has 1 aliphatic carbocycles. The average molecular weight is 372 g/mol. The van der Waals surface area contributed by atoms with Crippen LogP contribution >= 0.6 is 0 Å². The predicted octanol–water partition coefficient (Wildman–Crippen LogP) is 3.32. The molecule has 1 N–H and O–H groups in total. The van der Waals surface area contributed by atoms with Gasteiger partial charge in [-0.15, -0.1) is 0 Å². The standard InChI is InChI=1S/C20H24N2O3S/c1-21-12-7-13-22-14-15-25-19(16-22)18-10-5-6-11-20(18)26(23,24)17-8-3-2-4-9-17/h2-4,6,8-9,11,14-16,21H,5,7,10,12-13H2,1H3. The predicted molar refractivity (Wildman–Crippen MR) is 103 cm³/mol. The highest BCUT2D eigenvalue weighted by atomic mass is 32.2. The molecule has 0 bridgehead atoms. The lowest BCUT2D eigenvalue weighted by molar-refractivity contribution is 0.306. The maximum absolute atomic E-state index is 13.1. The molecule has 5 nitrogen and oxygen atoms in total. The van der Waals surface area contributed by atoms with Gasteiger partial charge in [0.15, 0.2) is 0 Å². The van der Waals surface area contributed by atoms with E-state index in [4.69, 9.17) is 4.74 Å². The molecule has 3 rings (SSSR count). The molecule has 2 aliphatic rings. The van der Waals surface area contributed by atoms with Gasteiger partial charge in [-0.3, -0.25) is 0 Å². The summed E-state index contributed by atoms with van der Waals surface area (Å²) in [6.45, 7) is 1.77. The van der Waals surface area contributed by atoms with Gasteiger partial charge < -0.3 is 15.0 Å². The Bertz CT molecular complexity index is 852. The topological polar surface area (TPSA) is 58.6 Å². The summed E-state index contributed by atoms with van der Waals surface area (Å²) in [5.74, 6) is 0.607. The number of hydrogen-bond donors (Lipinski definition) is 1. The third kappa shape index (κ3) is 4.08. The zero-order chi connectivity index (χ0) is 18.4. The Morgan fingerprint density at radius 1 is 1.23 bits per heavy atom. The molecule has 26 heavy (non-hydrogen) atoms. The molecule has 0 amide bonds. The second kappa shape index (κ2) is 8.38. The first-order valence-corrected chi connectivity index (χ1v) is 10.3. The molecule has 0 saturated carbocycles. The summed E-state index contributed by atoms with van der Waals surface area (Å²) in [6, 6.07) is 8.54. The van der Waals surface area contributed by atoms with Crippen molar-refractivity contribution in [2.24, 2.45) is 0 Å². The van der Waals surface area contributed by atoms with Crippen LogP contribution in [-0.2, 0) is 14.6 Å². The second-order valence-electron chi connectivity index (χ2n) is 6.19. The molecule has 0 fully saturated rings. The van der Waals surface area contributed by atoms with E-state index in [1.54, 1.807) is 36.6 Å². The van der Waals surface area contributed by atoms with Crippen molar-refractivity contribution in [1.82, 2.24) is 10.2 Å². The Hall–Kier alpha value is -2.31. The first kappa shape index (κ1) is 18.5. The van der Waals surface area contributed by atoms with Gasteiger partial charge in [0.1, 0.15) is 12.0 Å². The molecule has 0 aromatic heterocycles. The van der Waals surface area contributed by atoms with Crippen LogP contribution in [0.25, 0.3) is 0 Å². The monoisotopic (exact) mass is 372 g/mol. The van der Waals surface area contributed by atoms with Gasteiger partial charge in [-0.25, -0.2) is 8.42 Å². The smallest absolute Gasteiger partial charge is 0.206 e. The van der Waals surface area contributed by atoms with Crippen molar-refractivity contribution in [2.75, 3.05) is 20.1 Å². The fourth-order valence-corrected chi connectivity index (χ4v) is 4.57. The highest BCUT2D eigenvalue weighted by Gasteiger charge is 2.27. The first-order valence-electron chi connectivity index (χ1n) is 8.78. The van der Waals surface area contributed by atoms with Crippen LogP contribution in [0.5, 0.6) is 0 Å². The Labute approximate surface area is 155 Å². The lowest BCUT2D eigenvalue weighted by Gasteiger charge is -2.25. The minimum Gasteiger partial charge on any atom is -0.462 e. The SMILES string of the molecule is CNCCCN1C=COC(C2=C(S(=O)(=O)c3ccccc3)C=CCC2)=C1. The molecule has 138 valence electrons. The van der Waals surface area contributed by atoms with Crippen LogP contribution in [-0.4, -0.2) is 33.5 Å². The van der Waals surface area contributed by atoms with E-state index in [1.807, 2.05) is 36.5 Å². The number of nitrogens with zero attached hydrogens (tertiary/aromatic N) is 1. The highest BCUT2D eigenvalue weighted by molar-refractivity contribution is 7.95. The maximum Gasteiger partial charge on any atom is 0.206 e. The van der Waals surface area contributed by atoms with Gasteiger partial charge in [-0.2, -0.15) is 0 Å². The van der Waals surface area contributed by atoms with Crippen molar-refractivity contribution >= 4 is 9.84 Å². The second-order valence-corrected chi connectivity index (χ2v) is 8.11. The molecule has 1 aromatic rings. The van der Waals surface area contributed by atoms with Gasteiger partial charge >= 0.3 is 0 Å². The molecule has 1 aliphatic heterocycles. The van der Waals surface area contributed by atoms with Gasteiger partial charge in [0, 0.05) is 24.5 Å². The zero-order valence-electron chi connectivity index (χ0n) is 14.9. The molecule has 0 radical (unpaired) electrons. The lowest BCUT2D eigenvalue weighted by atomic mass is 10.0. The van der Waals surface area contributed by atoms with Gasteiger partial charge in [0.2, 0.25) is 9.84 Å². The van der Waals surface area contributed by atoms with Crippen molar-refractivity contribution in [1.29, 1.82) is 0 Å². The first-order chi connectivity index (χ1) is 12.6. The van der Waals surface area contributed by atoms with Crippen molar-refractivity contribution in [3.8, 4) is 0 Å². The molecule has 0 saturated heterocycles. The summed E-state index contributed by atoms with van der Waals surface area (Å²) >= 11 is 0. The van der Waals surface area contributed by atoms with Crippen LogP contribution in [0.15, 0.2) is 82.3 Å². The third-order valence-corrected chi connectivity index (χ3v) is 6.20. The summed E-state index contributed by atoms with van der Waals surface area (Å²) < 4.78 is 31.9. The highest BCUT2D eigenvalue weighted by Crippen LogP contribution is 2.34. The van der Waals surface area contributed by atoms with E-state index >= 15 is 0 Å². The molecule has 1 heterocycles. The third-order valence-electron chi connectivity index (χ3n) is 4.34. The largest absolute Gasteiger partial charge is 0.462 e. The van der Waals surface area contributed by atoms with E-state index in [0.29, 0.717) is 22.0 Å². The Balaban J connectivity index is 1.94. The van der Waals surface area contributed by atoms with E-state index in [-0.39, 0.29) is 0 Å². The van der Waals surface area contributed by atoms with Crippen LogP contribution in [0.2, 0.25) is 0 Å². The Morgan fingerprint density at radius 3 is 2.81 bits per heavy atom. The molecule has 0 spiro atoms. The molecular weight excluding hydrogens is 348 g/mol. The van der Waals surface area contributed by atoms with Crippen molar-refractivity contribution in [3.05, 3.63) is 77.4 Å². The summed E-state index contributed by atoms with van der Waals surface area (Å²) in [5, 5.41) is 3.13.